The summed E-state index contributed by atoms with van der Waals surface area (Å²) >= 11 is 17.0. The monoisotopic (exact) mass is 426 g/mol. The van der Waals surface area contributed by atoms with Crippen LogP contribution in [-0.4, -0.2) is 44.6 Å². The fraction of sp³-hybridized carbons (Fsp3) is 0.800. The molecule has 0 aliphatic carbocycles. The number of hydrogen-bond acceptors (Lipinski definition) is 6. The summed E-state index contributed by atoms with van der Waals surface area (Å²) in [5.74, 6) is 0. The Bertz CT molecular complexity index is 257. The second kappa shape index (κ2) is 18.5. The van der Waals surface area contributed by atoms with E-state index in [1.165, 1.54) is 0 Å². The van der Waals surface area contributed by atoms with Crippen molar-refractivity contribution >= 4 is 58.3 Å². The molecule has 0 unspecified atom stereocenters. The molecule has 0 aromatic rings. The molecule has 19 heavy (non-hydrogen) atoms. The predicted molar refractivity (Wildman–Crippen MR) is 87.1 cm³/mol. The third-order valence-corrected chi connectivity index (χ3v) is 3.08. The first-order valence-corrected chi connectivity index (χ1v) is 8.96. The van der Waals surface area contributed by atoms with Crippen LogP contribution in [-0.2, 0) is 50.5 Å². The van der Waals surface area contributed by atoms with E-state index in [9.17, 15) is 0 Å². The molecule has 0 heterocycles. The standard InChI is InChI=1S/2C5H11NS2.Mo.2O/c2*1-3-6(4-2)5(7)8;;;/h2*3-4H2,1-2H3,(H,7,8);;;/q;;+2;;/p-2. The normalized spacial score (nSPS) is 7.79. The number of nitrogens with zero attached hydrogens (tertiary/aromatic N) is 2. The minimum atomic E-state index is -2.03. The first-order valence-electron chi connectivity index (χ1n) is 5.69. The Hall–Kier alpha value is 0.508. The zero-order chi connectivity index (χ0) is 15.8. The molecule has 0 saturated heterocycles. The Kier molecular flexibility index (Phi) is 23.9. The summed E-state index contributed by atoms with van der Waals surface area (Å²) in [6.45, 7) is 11.9. The molecular weight excluding hydrogens is 404 g/mol. The van der Waals surface area contributed by atoms with Crippen LogP contribution in [0, 0.1) is 0 Å². The van der Waals surface area contributed by atoms with Crippen molar-refractivity contribution in [2.45, 2.75) is 27.7 Å². The molecule has 0 amide bonds. The van der Waals surface area contributed by atoms with E-state index in [4.69, 9.17) is 56.5 Å². The van der Waals surface area contributed by atoms with E-state index in [1.807, 2.05) is 37.5 Å². The van der Waals surface area contributed by atoms with Crippen molar-refractivity contribution in [1.29, 1.82) is 0 Å². The Morgan fingerprint density at radius 3 is 1.00 bits per heavy atom. The van der Waals surface area contributed by atoms with Crippen molar-refractivity contribution < 1.29 is 25.3 Å². The van der Waals surface area contributed by atoms with E-state index in [-0.39, 0.29) is 0 Å². The van der Waals surface area contributed by atoms with Crippen molar-refractivity contribution in [3.05, 3.63) is 0 Å². The van der Waals surface area contributed by atoms with E-state index >= 15 is 0 Å². The Morgan fingerprint density at radius 1 is 0.842 bits per heavy atom. The summed E-state index contributed by atoms with van der Waals surface area (Å²) in [7, 11) is 0. The molecule has 0 aromatic carbocycles. The van der Waals surface area contributed by atoms with Crippen molar-refractivity contribution in [2.75, 3.05) is 26.2 Å². The van der Waals surface area contributed by atoms with Crippen LogP contribution >= 0.6 is 24.4 Å². The van der Waals surface area contributed by atoms with Crippen LogP contribution in [0.5, 0.6) is 0 Å². The number of thiocarbonyl (C=S) groups is 2. The van der Waals surface area contributed by atoms with Gasteiger partial charge in [0, 0.05) is 26.2 Å². The van der Waals surface area contributed by atoms with Gasteiger partial charge in [-0.2, -0.15) is 0 Å². The maximum absolute atomic E-state index is 8.50. The van der Waals surface area contributed by atoms with Crippen molar-refractivity contribution in [3.63, 3.8) is 0 Å². The molecule has 0 radical (unpaired) electrons. The van der Waals surface area contributed by atoms with Crippen molar-refractivity contribution in [2.24, 2.45) is 0 Å². The average molecular weight is 424 g/mol. The van der Waals surface area contributed by atoms with Gasteiger partial charge in [0.15, 0.2) is 0 Å². The summed E-state index contributed by atoms with van der Waals surface area (Å²) in [5, 5.41) is 0. The molecule has 0 aromatic heterocycles. The number of rotatable bonds is 4. The molecule has 0 atom stereocenters. The Morgan fingerprint density at radius 2 is 1.00 bits per heavy atom. The van der Waals surface area contributed by atoms with Crippen LogP contribution in [0.25, 0.3) is 0 Å². The Labute approximate surface area is 146 Å². The first-order chi connectivity index (χ1) is 8.85. The van der Waals surface area contributed by atoms with Crippen molar-refractivity contribution in [1.82, 2.24) is 9.80 Å². The van der Waals surface area contributed by atoms with Gasteiger partial charge < -0.3 is 59.5 Å². The SMILES string of the molecule is CCN(CC)C(=S)[S-].CCN(CC)C(=S)[S-].[O]=[Mo+2]=[O]. The predicted octanol–water partition coefficient (Wildman–Crippen LogP) is 2.08. The second-order valence-electron chi connectivity index (χ2n) is 2.94. The summed E-state index contributed by atoms with van der Waals surface area (Å²) in [5.41, 5.74) is 0. The fourth-order valence-corrected chi connectivity index (χ4v) is 2.00. The van der Waals surface area contributed by atoms with E-state index in [0.717, 1.165) is 26.2 Å². The molecule has 0 bridgehead atoms. The van der Waals surface area contributed by atoms with Crippen molar-refractivity contribution in [3.8, 4) is 0 Å². The molecule has 0 saturated carbocycles. The maximum atomic E-state index is 8.50. The zero-order valence-electron chi connectivity index (χ0n) is 11.6. The molecule has 112 valence electrons. The van der Waals surface area contributed by atoms with Gasteiger partial charge in [-0.1, -0.05) is 8.64 Å². The van der Waals surface area contributed by atoms with Gasteiger partial charge in [-0.15, -0.1) is 0 Å². The molecule has 0 aliphatic heterocycles. The van der Waals surface area contributed by atoms with E-state index in [2.05, 4.69) is 0 Å². The van der Waals surface area contributed by atoms with Gasteiger partial charge in [-0.3, -0.25) is 0 Å². The quantitative estimate of drug-likeness (QED) is 0.386. The molecule has 0 rings (SSSR count). The topological polar surface area (TPSA) is 40.6 Å². The molecule has 9 heteroatoms. The molecule has 0 spiro atoms. The van der Waals surface area contributed by atoms with Gasteiger partial charge in [0.05, 0.1) is 0 Å². The van der Waals surface area contributed by atoms with Crippen LogP contribution in [0.2, 0.25) is 0 Å². The van der Waals surface area contributed by atoms with Crippen LogP contribution in [0.15, 0.2) is 0 Å². The first kappa shape index (κ1) is 24.5. The van der Waals surface area contributed by atoms with E-state index in [0.29, 0.717) is 8.64 Å². The third kappa shape index (κ3) is 18.5. The zero-order valence-corrected chi connectivity index (χ0v) is 16.9. The second-order valence-corrected chi connectivity index (χ2v) is 5.34. The van der Waals surface area contributed by atoms with Gasteiger partial charge in [0.2, 0.25) is 0 Å². The molecule has 0 N–H and O–H groups in total. The van der Waals surface area contributed by atoms with Gasteiger partial charge in [-0.25, -0.2) is 0 Å². The minimum absolute atomic E-state index is 0.579. The summed E-state index contributed by atoms with van der Waals surface area (Å²) in [6.07, 6.45) is 0. The fourth-order valence-electron chi connectivity index (χ4n) is 0.964. The molecular formula is C10H20MoN2O2S4. The van der Waals surface area contributed by atoms with Gasteiger partial charge in [0.25, 0.3) is 0 Å². The van der Waals surface area contributed by atoms with Gasteiger partial charge in [-0.05, 0) is 27.7 Å². The van der Waals surface area contributed by atoms with Crippen LogP contribution in [0.3, 0.4) is 0 Å². The van der Waals surface area contributed by atoms with E-state index < -0.39 is 18.5 Å². The summed E-state index contributed by atoms with van der Waals surface area (Å²) in [6, 6.07) is 0. The van der Waals surface area contributed by atoms with Crippen LogP contribution in [0.1, 0.15) is 27.7 Å². The third-order valence-electron chi connectivity index (χ3n) is 2.04. The Balaban J connectivity index is -0.000000224. The van der Waals surface area contributed by atoms with Gasteiger partial charge in [0.1, 0.15) is 0 Å². The van der Waals surface area contributed by atoms with Crippen LogP contribution in [0.4, 0.5) is 0 Å². The summed E-state index contributed by atoms with van der Waals surface area (Å²) < 4.78 is 18.2. The average Bonchev–Trinajstić information content (AvgIpc) is 2.33. The molecule has 0 fully saturated rings. The van der Waals surface area contributed by atoms with E-state index in [1.54, 1.807) is 0 Å². The van der Waals surface area contributed by atoms with Gasteiger partial charge >= 0.3 is 25.3 Å². The van der Waals surface area contributed by atoms with Crippen LogP contribution < -0.4 is 0 Å². The number of hydrogen-bond donors (Lipinski definition) is 0. The summed E-state index contributed by atoms with van der Waals surface area (Å²) in [4.78, 5) is 3.93. The molecule has 0 aliphatic rings. The molecule has 4 nitrogen and oxygen atoms in total.